The number of amides is 2. The topological polar surface area (TPSA) is 84.1 Å². The molecule has 0 atom stereocenters. The van der Waals surface area contributed by atoms with Gasteiger partial charge in [0.15, 0.2) is 0 Å². The average molecular weight is 255 g/mol. The highest BCUT2D eigenvalue weighted by Crippen LogP contribution is 2.35. The van der Waals surface area contributed by atoms with E-state index in [4.69, 9.17) is 5.84 Å². The Labute approximate surface area is 104 Å². The van der Waals surface area contributed by atoms with Crippen LogP contribution in [0.2, 0.25) is 0 Å². The quantitative estimate of drug-likeness (QED) is 0.480. The Balaban J connectivity index is 1.97. The van der Waals surface area contributed by atoms with E-state index >= 15 is 0 Å². The van der Waals surface area contributed by atoms with Gasteiger partial charge in [-0.25, -0.2) is 10.6 Å². The van der Waals surface area contributed by atoms with E-state index in [1.807, 2.05) is 0 Å². The maximum absolute atomic E-state index is 11.3. The molecule has 0 bridgehead atoms. The molecule has 1 aliphatic rings. The predicted octanol–water partition coefficient (Wildman–Crippen LogP) is 1.92. The molecule has 3 N–H and O–H groups in total. The monoisotopic (exact) mass is 255 g/mol. The van der Waals surface area contributed by atoms with Crippen molar-refractivity contribution < 1.29 is 4.79 Å². The first-order chi connectivity index (χ1) is 8.16. The highest BCUT2D eigenvalue weighted by molar-refractivity contribution is 7.15. The summed E-state index contributed by atoms with van der Waals surface area (Å²) in [6.07, 6.45) is 6.20. The van der Waals surface area contributed by atoms with Crippen molar-refractivity contribution in [3.8, 4) is 0 Å². The number of rotatable bonds is 2. The van der Waals surface area contributed by atoms with Crippen LogP contribution in [0.5, 0.6) is 0 Å². The number of aromatic nitrogens is 2. The minimum absolute atomic E-state index is 0.378. The number of nitrogens with one attached hydrogen (secondary N) is 1. The average Bonchev–Trinajstić information content (AvgIpc) is 2.78. The maximum atomic E-state index is 11.3. The van der Waals surface area contributed by atoms with Crippen LogP contribution in [0.15, 0.2) is 0 Å². The van der Waals surface area contributed by atoms with Crippen LogP contribution in [0, 0.1) is 0 Å². The molecule has 94 valence electrons. The normalized spacial score (nSPS) is 16.8. The van der Waals surface area contributed by atoms with E-state index in [0.717, 1.165) is 10.0 Å². The molecule has 1 aromatic heterocycles. The van der Waals surface area contributed by atoms with Crippen LogP contribution in [0.4, 0.5) is 9.93 Å². The number of hydrazine groups is 1. The van der Waals surface area contributed by atoms with Crippen molar-refractivity contribution in [3.05, 3.63) is 5.01 Å². The van der Waals surface area contributed by atoms with E-state index in [9.17, 15) is 4.79 Å². The van der Waals surface area contributed by atoms with Gasteiger partial charge in [-0.1, -0.05) is 30.6 Å². The van der Waals surface area contributed by atoms with Gasteiger partial charge >= 0.3 is 6.03 Å². The molecule has 0 unspecified atom stereocenters. The fourth-order valence-electron chi connectivity index (χ4n) is 1.98. The molecule has 1 aliphatic carbocycles. The van der Waals surface area contributed by atoms with Crippen LogP contribution >= 0.6 is 11.3 Å². The van der Waals surface area contributed by atoms with Crippen molar-refractivity contribution in [2.45, 2.75) is 38.0 Å². The molecule has 2 rings (SSSR count). The van der Waals surface area contributed by atoms with Crippen molar-refractivity contribution in [1.29, 1.82) is 0 Å². The first kappa shape index (κ1) is 12.3. The summed E-state index contributed by atoms with van der Waals surface area (Å²) >= 11 is 1.45. The molecule has 1 fully saturated rings. The zero-order chi connectivity index (χ0) is 12.3. The van der Waals surface area contributed by atoms with Gasteiger partial charge < -0.3 is 0 Å². The number of nitrogens with zero attached hydrogens (tertiary/aromatic N) is 3. The van der Waals surface area contributed by atoms with Crippen LogP contribution in [0.3, 0.4) is 0 Å². The van der Waals surface area contributed by atoms with E-state index in [-0.39, 0.29) is 6.03 Å². The molecule has 0 spiro atoms. The molecule has 6 nitrogen and oxygen atoms in total. The summed E-state index contributed by atoms with van der Waals surface area (Å²) in [7, 11) is 1.48. The molecule has 0 aliphatic heterocycles. The fourth-order valence-corrected chi connectivity index (χ4v) is 2.88. The summed E-state index contributed by atoms with van der Waals surface area (Å²) in [6, 6.07) is -0.378. The molecule has 2 amide bonds. The van der Waals surface area contributed by atoms with E-state index < -0.39 is 0 Å². The van der Waals surface area contributed by atoms with Crippen LogP contribution in [0.25, 0.3) is 0 Å². The van der Waals surface area contributed by atoms with E-state index in [2.05, 4.69) is 15.5 Å². The minimum Gasteiger partial charge on any atom is -0.281 e. The van der Waals surface area contributed by atoms with E-state index in [1.54, 1.807) is 0 Å². The van der Waals surface area contributed by atoms with Crippen LogP contribution in [-0.2, 0) is 0 Å². The number of hydrogen-bond donors (Lipinski definition) is 2. The second-order valence-corrected chi connectivity index (χ2v) is 5.33. The first-order valence-corrected chi connectivity index (χ1v) is 6.61. The minimum atomic E-state index is -0.378. The van der Waals surface area contributed by atoms with Crippen molar-refractivity contribution in [3.63, 3.8) is 0 Å². The second kappa shape index (κ2) is 5.42. The standard InChI is InChI=1S/C10H17N5OS/c1-15(11)10(16)12-9-14-13-8(17-9)7-5-3-2-4-6-7/h7H,2-6,11H2,1H3,(H,12,14,16). The molecular formula is C10H17N5OS. The zero-order valence-corrected chi connectivity index (χ0v) is 10.7. The SMILES string of the molecule is CN(N)C(=O)Nc1nnc(C2CCCCC2)s1. The maximum Gasteiger partial charge on any atom is 0.337 e. The lowest BCUT2D eigenvalue weighted by Gasteiger charge is -2.18. The Bertz CT molecular complexity index is 386. The largest absolute Gasteiger partial charge is 0.337 e. The molecule has 17 heavy (non-hydrogen) atoms. The molecule has 0 aromatic carbocycles. The lowest BCUT2D eigenvalue weighted by Crippen LogP contribution is -2.36. The van der Waals surface area contributed by atoms with Gasteiger partial charge in [0.1, 0.15) is 5.01 Å². The van der Waals surface area contributed by atoms with Crippen molar-refractivity contribution >= 4 is 22.5 Å². The van der Waals surface area contributed by atoms with Crippen LogP contribution in [-0.4, -0.2) is 28.3 Å². The van der Waals surface area contributed by atoms with E-state index in [0.29, 0.717) is 11.0 Å². The van der Waals surface area contributed by atoms with Gasteiger partial charge in [0.2, 0.25) is 5.13 Å². The summed E-state index contributed by atoms with van der Waals surface area (Å²) in [6.45, 7) is 0. The summed E-state index contributed by atoms with van der Waals surface area (Å²) in [5, 5.41) is 13.3. The Hall–Kier alpha value is -1.21. The summed E-state index contributed by atoms with van der Waals surface area (Å²) in [5.41, 5.74) is 0. The number of hydrogen-bond acceptors (Lipinski definition) is 5. The lowest BCUT2D eigenvalue weighted by molar-refractivity contribution is 0.223. The Morgan fingerprint density at radius 3 is 2.76 bits per heavy atom. The van der Waals surface area contributed by atoms with Gasteiger partial charge in [-0.2, -0.15) is 0 Å². The lowest BCUT2D eigenvalue weighted by atomic mass is 9.90. The summed E-state index contributed by atoms with van der Waals surface area (Å²) < 4.78 is 0. The fraction of sp³-hybridized carbons (Fsp3) is 0.700. The van der Waals surface area contributed by atoms with Gasteiger partial charge in [0.25, 0.3) is 0 Å². The third-order valence-corrected chi connectivity index (χ3v) is 3.93. The summed E-state index contributed by atoms with van der Waals surface area (Å²) in [5.74, 6) is 5.83. The van der Waals surface area contributed by atoms with Gasteiger partial charge in [0, 0.05) is 13.0 Å². The molecule has 1 heterocycles. The molecule has 1 aromatic rings. The predicted molar refractivity (Wildman–Crippen MR) is 66.7 cm³/mol. The number of carbonyl (C=O) groups excluding carboxylic acids is 1. The summed E-state index contributed by atoms with van der Waals surface area (Å²) in [4.78, 5) is 11.3. The van der Waals surface area contributed by atoms with Gasteiger partial charge in [-0.3, -0.25) is 10.3 Å². The van der Waals surface area contributed by atoms with Crippen LogP contribution in [0.1, 0.15) is 43.0 Å². The smallest absolute Gasteiger partial charge is 0.281 e. The second-order valence-electron chi connectivity index (χ2n) is 4.32. The van der Waals surface area contributed by atoms with Crippen molar-refractivity contribution in [2.75, 3.05) is 12.4 Å². The van der Waals surface area contributed by atoms with Gasteiger partial charge in [0.05, 0.1) is 0 Å². The third-order valence-electron chi connectivity index (χ3n) is 2.93. The molecule has 0 radical (unpaired) electrons. The third kappa shape index (κ3) is 3.13. The van der Waals surface area contributed by atoms with Gasteiger partial charge in [-0.15, -0.1) is 10.2 Å². The molecular weight excluding hydrogens is 238 g/mol. The number of nitrogens with two attached hydrogens (primary N) is 1. The Morgan fingerprint density at radius 2 is 2.12 bits per heavy atom. The number of urea groups is 1. The highest BCUT2D eigenvalue weighted by Gasteiger charge is 2.20. The molecule has 1 saturated carbocycles. The Kier molecular flexibility index (Phi) is 3.90. The zero-order valence-electron chi connectivity index (χ0n) is 9.85. The number of carbonyl (C=O) groups is 1. The molecule has 0 saturated heterocycles. The van der Waals surface area contributed by atoms with E-state index in [1.165, 1.54) is 50.5 Å². The van der Waals surface area contributed by atoms with Crippen molar-refractivity contribution in [1.82, 2.24) is 15.2 Å². The van der Waals surface area contributed by atoms with Crippen molar-refractivity contribution in [2.24, 2.45) is 5.84 Å². The highest BCUT2D eigenvalue weighted by atomic mass is 32.1. The Morgan fingerprint density at radius 1 is 1.41 bits per heavy atom. The van der Waals surface area contributed by atoms with Gasteiger partial charge in [-0.05, 0) is 12.8 Å². The first-order valence-electron chi connectivity index (χ1n) is 5.79. The molecule has 7 heteroatoms. The van der Waals surface area contributed by atoms with Crippen LogP contribution < -0.4 is 11.2 Å². The number of anilines is 1.